The number of hydrogen-bond acceptors (Lipinski definition) is 5. The minimum absolute atomic E-state index is 0.00928. The van der Waals surface area contributed by atoms with E-state index in [1.165, 1.54) is 0 Å². The van der Waals surface area contributed by atoms with Crippen molar-refractivity contribution >= 4 is 11.6 Å². The maximum absolute atomic E-state index is 12.2. The SMILES string of the molecule is CC(NC(=O)C1CCC(CN)O1)c1nnc2ccccn12. The first-order chi connectivity index (χ1) is 10.2. The lowest BCUT2D eigenvalue weighted by atomic mass is 10.2. The highest BCUT2D eigenvalue weighted by Crippen LogP contribution is 2.20. The number of amides is 1. The average Bonchev–Trinajstić information content (AvgIpc) is 3.14. The number of fused-ring (bicyclic) bond motifs is 1. The Hall–Kier alpha value is -1.99. The van der Waals surface area contributed by atoms with Gasteiger partial charge in [-0.2, -0.15) is 0 Å². The highest BCUT2D eigenvalue weighted by molar-refractivity contribution is 5.81. The molecule has 112 valence electrons. The molecule has 3 N–H and O–H groups in total. The summed E-state index contributed by atoms with van der Waals surface area (Å²) >= 11 is 0. The molecule has 0 radical (unpaired) electrons. The predicted octanol–water partition coefficient (Wildman–Crippen LogP) is 0.413. The van der Waals surface area contributed by atoms with Gasteiger partial charge >= 0.3 is 0 Å². The Balaban J connectivity index is 1.69. The average molecular weight is 289 g/mol. The van der Waals surface area contributed by atoms with Crippen LogP contribution in [0.2, 0.25) is 0 Å². The van der Waals surface area contributed by atoms with Gasteiger partial charge < -0.3 is 15.8 Å². The van der Waals surface area contributed by atoms with Gasteiger partial charge in [0.2, 0.25) is 5.91 Å². The van der Waals surface area contributed by atoms with Gasteiger partial charge in [-0.05, 0) is 31.9 Å². The summed E-state index contributed by atoms with van der Waals surface area (Å²) in [5, 5.41) is 11.2. The zero-order chi connectivity index (χ0) is 14.8. The Morgan fingerprint density at radius 3 is 3.14 bits per heavy atom. The zero-order valence-electron chi connectivity index (χ0n) is 11.9. The van der Waals surface area contributed by atoms with Crippen molar-refractivity contribution in [1.82, 2.24) is 19.9 Å². The first-order valence-corrected chi connectivity index (χ1v) is 7.14. The molecule has 2 aromatic rings. The van der Waals surface area contributed by atoms with E-state index >= 15 is 0 Å². The molecule has 0 saturated carbocycles. The van der Waals surface area contributed by atoms with Crippen LogP contribution in [-0.4, -0.2) is 39.3 Å². The lowest BCUT2D eigenvalue weighted by molar-refractivity contribution is -0.132. The fraction of sp³-hybridized carbons (Fsp3) is 0.500. The summed E-state index contributed by atoms with van der Waals surface area (Å²) in [5.74, 6) is 0.582. The monoisotopic (exact) mass is 289 g/mol. The quantitative estimate of drug-likeness (QED) is 0.850. The molecule has 7 heteroatoms. The minimum atomic E-state index is -0.416. The first kappa shape index (κ1) is 14.0. The molecular formula is C14H19N5O2. The molecular weight excluding hydrogens is 270 g/mol. The molecule has 21 heavy (non-hydrogen) atoms. The molecule has 0 aromatic carbocycles. The van der Waals surface area contributed by atoms with Crippen molar-refractivity contribution in [1.29, 1.82) is 0 Å². The fourth-order valence-electron chi connectivity index (χ4n) is 2.60. The van der Waals surface area contributed by atoms with E-state index in [4.69, 9.17) is 10.5 Å². The second-order valence-electron chi connectivity index (χ2n) is 5.28. The number of ether oxygens (including phenoxy) is 1. The van der Waals surface area contributed by atoms with Crippen molar-refractivity contribution in [2.24, 2.45) is 5.73 Å². The first-order valence-electron chi connectivity index (χ1n) is 7.14. The van der Waals surface area contributed by atoms with E-state index in [0.29, 0.717) is 18.8 Å². The van der Waals surface area contributed by atoms with E-state index in [0.717, 1.165) is 12.1 Å². The van der Waals surface area contributed by atoms with Crippen molar-refractivity contribution in [3.63, 3.8) is 0 Å². The third-order valence-corrected chi connectivity index (χ3v) is 3.75. The maximum Gasteiger partial charge on any atom is 0.249 e. The summed E-state index contributed by atoms with van der Waals surface area (Å²) < 4.78 is 7.46. The molecule has 1 aliphatic heterocycles. The molecule has 2 aromatic heterocycles. The van der Waals surface area contributed by atoms with E-state index in [2.05, 4.69) is 15.5 Å². The summed E-state index contributed by atoms with van der Waals surface area (Å²) in [7, 11) is 0. The smallest absolute Gasteiger partial charge is 0.249 e. The summed E-state index contributed by atoms with van der Waals surface area (Å²) in [6.45, 7) is 2.34. The summed E-state index contributed by atoms with van der Waals surface area (Å²) in [6.07, 6.45) is 2.99. The number of carbonyl (C=O) groups excluding carboxylic acids is 1. The summed E-state index contributed by atoms with van der Waals surface area (Å²) in [5.41, 5.74) is 6.32. The van der Waals surface area contributed by atoms with Crippen LogP contribution in [0.3, 0.4) is 0 Å². The molecule has 3 rings (SSSR count). The third-order valence-electron chi connectivity index (χ3n) is 3.75. The largest absolute Gasteiger partial charge is 0.364 e. The topological polar surface area (TPSA) is 94.5 Å². The predicted molar refractivity (Wildman–Crippen MR) is 76.5 cm³/mol. The number of nitrogens with two attached hydrogens (primary N) is 1. The molecule has 1 fully saturated rings. The number of nitrogens with zero attached hydrogens (tertiary/aromatic N) is 3. The molecule has 3 heterocycles. The van der Waals surface area contributed by atoms with E-state index in [-0.39, 0.29) is 18.1 Å². The number of carbonyl (C=O) groups is 1. The van der Waals surface area contributed by atoms with Crippen LogP contribution in [0.5, 0.6) is 0 Å². The Morgan fingerprint density at radius 2 is 2.38 bits per heavy atom. The minimum Gasteiger partial charge on any atom is -0.364 e. The molecule has 1 amide bonds. The standard InChI is InChI=1S/C14H19N5O2/c1-9(13-18-17-12-4-2-3-7-19(12)13)16-14(20)11-6-5-10(8-15)21-11/h2-4,7,9-11H,5-6,8,15H2,1H3,(H,16,20). The Kier molecular flexibility index (Phi) is 3.85. The van der Waals surface area contributed by atoms with Crippen LogP contribution in [0.25, 0.3) is 5.65 Å². The van der Waals surface area contributed by atoms with Gasteiger partial charge in [-0.15, -0.1) is 10.2 Å². The van der Waals surface area contributed by atoms with Crippen molar-refractivity contribution in [2.75, 3.05) is 6.54 Å². The van der Waals surface area contributed by atoms with E-state index in [1.807, 2.05) is 35.7 Å². The van der Waals surface area contributed by atoms with Crippen LogP contribution in [0, 0.1) is 0 Å². The van der Waals surface area contributed by atoms with Gasteiger partial charge in [-0.1, -0.05) is 6.07 Å². The second kappa shape index (κ2) is 5.79. The fourth-order valence-corrected chi connectivity index (χ4v) is 2.60. The lowest BCUT2D eigenvalue weighted by Gasteiger charge is -2.16. The van der Waals surface area contributed by atoms with Crippen LogP contribution in [0.4, 0.5) is 0 Å². The molecule has 1 aliphatic rings. The molecule has 0 aliphatic carbocycles. The van der Waals surface area contributed by atoms with Gasteiger partial charge in [-0.3, -0.25) is 9.20 Å². The Bertz CT molecular complexity index is 641. The van der Waals surface area contributed by atoms with E-state index in [1.54, 1.807) is 0 Å². The van der Waals surface area contributed by atoms with Gasteiger partial charge in [0, 0.05) is 12.7 Å². The molecule has 1 saturated heterocycles. The van der Waals surface area contributed by atoms with E-state index < -0.39 is 6.10 Å². The maximum atomic E-state index is 12.2. The van der Waals surface area contributed by atoms with Gasteiger partial charge in [0.05, 0.1) is 12.1 Å². The molecule has 3 unspecified atom stereocenters. The van der Waals surface area contributed by atoms with Gasteiger partial charge in [0.25, 0.3) is 0 Å². The number of pyridine rings is 1. The van der Waals surface area contributed by atoms with Gasteiger partial charge in [-0.25, -0.2) is 0 Å². The van der Waals surface area contributed by atoms with Crippen LogP contribution < -0.4 is 11.1 Å². The Labute approximate surface area is 122 Å². The zero-order valence-corrected chi connectivity index (χ0v) is 11.9. The summed E-state index contributed by atoms with van der Waals surface area (Å²) in [4.78, 5) is 12.2. The molecule has 7 nitrogen and oxygen atoms in total. The van der Waals surface area contributed by atoms with Crippen molar-refractivity contribution < 1.29 is 9.53 Å². The van der Waals surface area contributed by atoms with Crippen molar-refractivity contribution in [3.8, 4) is 0 Å². The highest BCUT2D eigenvalue weighted by Gasteiger charge is 2.31. The summed E-state index contributed by atoms with van der Waals surface area (Å²) in [6, 6.07) is 5.43. The van der Waals surface area contributed by atoms with Gasteiger partial charge in [0.15, 0.2) is 11.5 Å². The molecule has 0 bridgehead atoms. The molecule has 0 spiro atoms. The van der Waals surface area contributed by atoms with Crippen LogP contribution in [0.1, 0.15) is 31.6 Å². The lowest BCUT2D eigenvalue weighted by Crippen LogP contribution is -2.37. The second-order valence-corrected chi connectivity index (χ2v) is 5.28. The molecule has 3 atom stereocenters. The van der Waals surface area contributed by atoms with Crippen molar-refractivity contribution in [3.05, 3.63) is 30.2 Å². The van der Waals surface area contributed by atoms with Crippen LogP contribution >= 0.6 is 0 Å². The highest BCUT2D eigenvalue weighted by atomic mass is 16.5. The van der Waals surface area contributed by atoms with Gasteiger partial charge in [0.1, 0.15) is 6.10 Å². The number of rotatable bonds is 4. The Morgan fingerprint density at radius 1 is 1.52 bits per heavy atom. The third kappa shape index (κ3) is 2.74. The number of aromatic nitrogens is 3. The normalized spacial score (nSPS) is 23.3. The number of nitrogens with one attached hydrogen (secondary N) is 1. The van der Waals surface area contributed by atoms with E-state index in [9.17, 15) is 4.79 Å². The van der Waals surface area contributed by atoms with Crippen LogP contribution in [-0.2, 0) is 9.53 Å². The van der Waals surface area contributed by atoms with Crippen molar-refractivity contribution in [2.45, 2.75) is 38.0 Å². The van der Waals surface area contributed by atoms with Crippen LogP contribution in [0.15, 0.2) is 24.4 Å². The number of hydrogen-bond donors (Lipinski definition) is 2.